The summed E-state index contributed by atoms with van der Waals surface area (Å²) in [6, 6.07) is 0. The van der Waals surface area contributed by atoms with E-state index in [0.717, 1.165) is 0 Å². The second kappa shape index (κ2) is 9.32. The van der Waals surface area contributed by atoms with E-state index in [4.69, 9.17) is 19.2 Å². The molecule has 0 atom stereocenters. The first kappa shape index (κ1) is 22.4. The van der Waals surface area contributed by atoms with Gasteiger partial charge in [0.15, 0.2) is 0 Å². The first-order valence-corrected chi connectivity index (χ1v) is 2.35. The molecular formula is H4NaO4PVZn. The Labute approximate surface area is 93.6 Å². The zero-order chi connectivity index (χ0) is 4.50. The minimum absolute atomic E-state index is 0. The summed E-state index contributed by atoms with van der Waals surface area (Å²) in [6.45, 7) is 0. The molecule has 41 valence electrons. The Hall–Kier alpha value is 2.32. The van der Waals surface area contributed by atoms with Gasteiger partial charge in [0.25, 0.3) is 0 Å². The van der Waals surface area contributed by atoms with E-state index in [9.17, 15) is 0 Å². The maximum Gasteiger partial charge on any atom is 0 e. The van der Waals surface area contributed by atoms with E-state index in [1.54, 1.807) is 0 Å². The van der Waals surface area contributed by atoms with Crippen LogP contribution in [0.3, 0.4) is 0 Å². The molecule has 0 heterocycles. The molecule has 0 amide bonds. The molecule has 3 N–H and O–H groups in total. The third kappa shape index (κ3) is 82.9. The van der Waals surface area contributed by atoms with E-state index < -0.39 is 7.82 Å². The third-order valence-corrected chi connectivity index (χ3v) is 0. The van der Waals surface area contributed by atoms with Gasteiger partial charge < -0.3 is 14.7 Å². The fourth-order valence-electron chi connectivity index (χ4n) is 0. The van der Waals surface area contributed by atoms with Crippen molar-refractivity contribution in [1.82, 2.24) is 0 Å². The molecule has 0 aromatic heterocycles. The second-order valence-corrected chi connectivity index (χ2v) is 1.54. The molecule has 0 aliphatic rings. The van der Waals surface area contributed by atoms with Crippen molar-refractivity contribution in [2.24, 2.45) is 0 Å². The van der Waals surface area contributed by atoms with Gasteiger partial charge in [0, 0.05) is 38.0 Å². The summed E-state index contributed by atoms with van der Waals surface area (Å²) in [5.41, 5.74) is 0. The first-order valence-electron chi connectivity index (χ1n) is 0.783. The van der Waals surface area contributed by atoms with Crippen molar-refractivity contribution >= 4 is 37.4 Å². The molecule has 0 aromatic carbocycles. The van der Waals surface area contributed by atoms with Crippen molar-refractivity contribution in [1.29, 1.82) is 0 Å². The van der Waals surface area contributed by atoms with Gasteiger partial charge in [-0.15, -0.1) is 0 Å². The van der Waals surface area contributed by atoms with Gasteiger partial charge in [0.2, 0.25) is 0 Å². The fraction of sp³-hybridized carbons (Fsp3) is 0. The quantitative estimate of drug-likeness (QED) is 0.351. The molecule has 0 unspecified atom stereocenters. The number of hydrogen-bond donors (Lipinski definition) is 3. The van der Waals surface area contributed by atoms with Crippen molar-refractivity contribution in [3.63, 3.8) is 0 Å². The minimum Gasteiger partial charge on any atom is 0 e. The molecule has 0 aliphatic heterocycles. The Kier molecular flexibility index (Phi) is 26.1. The Morgan fingerprint density at radius 1 is 1.12 bits per heavy atom. The van der Waals surface area contributed by atoms with Crippen molar-refractivity contribution in [2.45, 2.75) is 0 Å². The van der Waals surface area contributed by atoms with Crippen molar-refractivity contribution in [2.75, 3.05) is 0 Å². The topological polar surface area (TPSA) is 77.8 Å². The van der Waals surface area contributed by atoms with Gasteiger partial charge in [-0.2, -0.15) is 0 Å². The van der Waals surface area contributed by atoms with E-state index in [0.29, 0.717) is 0 Å². The SMILES string of the molecule is O=P(O)(O)O.[NaH].[V].[Zn]. The largest absolute Gasteiger partial charge is 0 e. The predicted molar refractivity (Wildman–Crippen MR) is 21.4 cm³/mol. The van der Waals surface area contributed by atoms with Crippen LogP contribution in [0.25, 0.3) is 0 Å². The molecule has 0 fully saturated rings. The smallest absolute Gasteiger partial charge is 0 e. The molecule has 0 aromatic rings. The average molecular weight is 238 g/mol. The van der Waals surface area contributed by atoms with Gasteiger partial charge in [-0.05, 0) is 0 Å². The average Bonchev–Trinajstić information content (AvgIpc) is 0.722. The Morgan fingerprint density at radius 3 is 1.12 bits per heavy atom. The van der Waals surface area contributed by atoms with Crippen LogP contribution in [0.15, 0.2) is 0 Å². The summed E-state index contributed by atoms with van der Waals surface area (Å²) in [5, 5.41) is 0. The summed E-state index contributed by atoms with van der Waals surface area (Å²) >= 11 is 0. The minimum atomic E-state index is -4.64. The van der Waals surface area contributed by atoms with E-state index in [1.807, 2.05) is 0 Å². The van der Waals surface area contributed by atoms with E-state index in [1.165, 1.54) is 0 Å². The van der Waals surface area contributed by atoms with Crippen LogP contribution in [0.5, 0.6) is 0 Å². The summed E-state index contributed by atoms with van der Waals surface area (Å²) < 4.78 is 8.88. The summed E-state index contributed by atoms with van der Waals surface area (Å²) in [7, 11) is -4.64. The number of phosphoric acid groups is 1. The van der Waals surface area contributed by atoms with Crippen molar-refractivity contribution < 1.29 is 57.3 Å². The van der Waals surface area contributed by atoms with Crippen LogP contribution < -0.4 is 0 Å². The van der Waals surface area contributed by atoms with Crippen LogP contribution in [0.4, 0.5) is 0 Å². The molecule has 0 rings (SSSR count). The summed E-state index contributed by atoms with van der Waals surface area (Å²) in [5.74, 6) is 0. The molecule has 0 saturated heterocycles. The molecule has 8 heavy (non-hydrogen) atoms. The zero-order valence-corrected chi connectivity index (χ0v) is 8.61. The Balaban J connectivity index is -0.0000000267. The van der Waals surface area contributed by atoms with Crippen LogP contribution in [0, 0.1) is 0 Å². The number of rotatable bonds is 0. The van der Waals surface area contributed by atoms with Gasteiger partial charge in [-0.25, -0.2) is 4.57 Å². The molecule has 0 bridgehead atoms. The van der Waals surface area contributed by atoms with E-state index in [-0.39, 0.29) is 67.6 Å². The van der Waals surface area contributed by atoms with Crippen LogP contribution in [-0.4, -0.2) is 44.2 Å². The maximum atomic E-state index is 8.88. The normalized spacial score (nSPS) is 7.38. The van der Waals surface area contributed by atoms with Crippen molar-refractivity contribution in [3.8, 4) is 0 Å². The molecule has 1 radical (unpaired) electrons. The first-order chi connectivity index (χ1) is 2.00. The zero-order valence-electron chi connectivity index (χ0n) is 3.35. The van der Waals surface area contributed by atoms with Crippen molar-refractivity contribution in [3.05, 3.63) is 0 Å². The second-order valence-electron chi connectivity index (χ2n) is 0.513. The Bertz CT molecular complexity index is 62.2. The predicted octanol–water partition coefficient (Wildman–Crippen LogP) is -1.58. The monoisotopic (exact) mass is 237 g/mol. The summed E-state index contributed by atoms with van der Waals surface area (Å²) in [6.07, 6.45) is 0. The van der Waals surface area contributed by atoms with Gasteiger partial charge in [-0.1, -0.05) is 0 Å². The van der Waals surface area contributed by atoms with Gasteiger partial charge in [-0.3, -0.25) is 0 Å². The molecule has 4 nitrogen and oxygen atoms in total. The van der Waals surface area contributed by atoms with Crippen LogP contribution in [0.2, 0.25) is 0 Å². The Morgan fingerprint density at radius 2 is 1.12 bits per heavy atom. The standard InChI is InChI=1S/Na.H3O4P.V.Zn.H/c;1-5(2,3)4;;;/h;(H3,1,2,3,4);;;. The summed E-state index contributed by atoms with van der Waals surface area (Å²) in [4.78, 5) is 21.6. The van der Waals surface area contributed by atoms with E-state index in [2.05, 4.69) is 0 Å². The molecule has 8 heteroatoms. The van der Waals surface area contributed by atoms with Crippen LogP contribution in [-0.2, 0) is 42.6 Å². The molecule has 0 spiro atoms. The van der Waals surface area contributed by atoms with Gasteiger partial charge >= 0.3 is 37.4 Å². The van der Waals surface area contributed by atoms with Gasteiger partial charge in [0.1, 0.15) is 0 Å². The molecule has 0 aliphatic carbocycles. The maximum absolute atomic E-state index is 8.88. The van der Waals surface area contributed by atoms with E-state index >= 15 is 0 Å². The van der Waals surface area contributed by atoms with Crippen LogP contribution in [0.1, 0.15) is 0 Å². The van der Waals surface area contributed by atoms with Crippen LogP contribution >= 0.6 is 7.82 Å². The fourth-order valence-corrected chi connectivity index (χ4v) is 0. The molecular weight excluding hydrogens is 234 g/mol. The van der Waals surface area contributed by atoms with Gasteiger partial charge in [0.05, 0.1) is 0 Å². The third-order valence-electron chi connectivity index (χ3n) is 0. The number of hydrogen-bond acceptors (Lipinski definition) is 1. The molecule has 0 saturated carbocycles.